The molecule has 1 rings (SSSR count). The predicted octanol–water partition coefficient (Wildman–Crippen LogP) is -2.24. The number of nitrogens with one attached hydrogen (secondary N) is 2. The number of hydrogen-bond donors (Lipinski definition) is 3. The van der Waals surface area contributed by atoms with Crippen LogP contribution < -0.4 is 16.4 Å². The number of nitrogens with zero attached hydrogens (tertiary/aromatic N) is 1. The van der Waals surface area contributed by atoms with Crippen LogP contribution in [0.5, 0.6) is 0 Å². The van der Waals surface area contributed by atoms with Crippen molar-refractivity contribution in [3.8, 4) is 0 Å². The van der Waals surface area contributed by atoms with Gasteiger partial charge in [0.1, 0.15) is 12.3 Å². The molecule has 0 radical (unpaired) electrons. The summed E-state index contributed by atoms with van der Waals surface area (Å²) in [5.74, 6) is -0.979. The van der Waals surface area contributed by atoms with Crippen molar-refractivity contribution in [1.29, 1.82) is 0 Å². The van der Waals surface area contributed by atoms with Gasteiger partial charge in [-0.25, -0.2) is 0 Å². The molecule has 1 aliphatic heterocycles. The van der Waals surface area contributed by atoms with Gasteiger partial charge in [0.2, 0.25) is 17.7 Å². The zero-order chi connectivity index (χ0) is 15.0. The highest BCUT2D eigenvalue weighted by atomic mass is 16.2. The number of nitrogens with two attached hydrogens (primary N) is 1. The zero-order valence-corrected chi connectivity index (χ0v) is 11.3. The number of carbonyl (C=O) groups excluding carboxylic acids is 4. The minimum absolute atomic E-state index is 0.159. The van der Waals surface area contributed by atoms with Crippen molar-refractivity contribution in [3.05, 3.63) is 0 Å². The molecule has 3 amide bonds. The maximum Gasteiger partial charge on any atom is 0.242 e. The van der Waals surface area contributed by atoms with E-state index in [4.69, 9.17) is 5.73 Å². The number of amides is 3. The molecule has 1 heterocycles. The quantitative estimate of drug-likeness (QED) is 0.360. The number of rotatable bonds is 7. The van der Waals surface area contributed by atoms with Gasteiger partial charge in [0.05, 0.1) is 13.1 Å². The van der Waals surface area contributed by atoms with Crippen molar-refractivity contribution >= 4 is 24.0 Å². The Morgan fingerprint density at radius 3 is 2.70 bits per heavy atom. The van der Waals surface area contributed by atoms with Crippen LogP contribution >= 0.6 is 0 Å². The zero-order valence-electron chi connectivity index (χ0n) is 11.3. The van der Waals surface area contributed by atoms with Crippen LogP contribution in [0.15, 0.2) is 0 Å². The lowest BCUT2D eigenvalue weighted by molar-refractivity contribution is -0.138. The molecule has 0 aromatic heterocycles. The summed E-state index contributed by atoms with van der Waals surface area (Å²) in [6.45, 7) is 0.422. The summed E-state index contributed by atoms with van der Waals surface area (Å²) in [4.78, 5) is 46.5. The normalized spacial score (nSPS) is 17.6. The molecule has 1 atom stereocenters. The van der Waals surface area contributed by atoms with Crippen molar-refractivity contribution in [1.82, 2.24) is 15.5 Å². The third-order valence-corrected chi connectivity index (χ3v) is 3.06. The van der Waals surface area contributed by atoms with Crippen LogP contribution in [-0.2, 0) is 19.2 Å². The van der Waals surface area contributed by atoms with Gasteiger partial charge in [-0.1, -0.05) is 0 Å². The summed E-state index contributed by atoms with van der Waals surface area (Å²) in [6.07, 6.45) is 2.30. The molecule has 1 saturated heterocycles. The molecule has 0 aromatic carbocycles. The van der Waals surface area contributed by atoms with Crippen LogP contribution in [0.25, 0.3) is 0 Å². The van der Waals surface area contributed by atoms with E-state index < -0.39 is 11.9 Å². The van der Waals surface area contributed by atoms with Crippen molar-refractivity contribution in [3.63, 3.8) is 0 Å². The van der Waals surface area contributed by atoms with Crippen molar-refractivity contribution in [2.24, 2.45) is 5.73 Å². The molecule has 0 bridgehead atoms. The second kappa shape index (κ2) is 8.26. The third kappa shape index (κ3) is 4.61. The van der Waals surface area contributed by atoms with Gasteiger partial charge >= 0.3 is 0 Å². The summed E-state index contributed by atoms with van der Waals surface area (Å²) in [7, 11) is 0. The second-order valence-electron chi connectivity index (χ2n) is 4.47. The summed E-state index contributed by atoms with van der Waals surface area (Å²) in [6, 6.07) is -0.524. The van der Waals surface area contributed by atoms with E-state index in [1.54, 1.807) is 0 Å². The molecule has 8 heteroatoms. The van der Waals surface area contributed by atoms with Gasteiger partial charge in [-0.3, -0.25) is 14.4 Å². The van der Waals surface area contributed by atoms with Gasteiger partial charge in [-0.05, 0) is 12.8 Å². The molecule has 0 unspecified atom stereocenters. The second-order valence-corrected chi connectivity index (χ2v) is 4.47. The minimum Gasteiger partial charge on any atom is -0.354 e. The highest BCUT2D eigenvalue weighted by molar-refractivity contribution is 5.90. The van der Waals surface area contributed by atoms with Crippen molar-refractivity contribution < 1.29 is 19.2 Å². The van der Waals surface area contributed by atoms with Gasteiger partial charge < -0.3 is 26.1 Å². The largest absolute Gasteiger partial charge is 0.354 e. The molecule has 8 nitrogen and oxygen atoms in total. The fourth-order valence-electron chi connectivity index (χ4n) is 2.06. The molecule has 20 heavy (non-hydrogen) atoms. The van der Waals surface area contributed by atoms with E-state index in [9.17, 15) is 19.2 Å². The van der Waals surface area contributed by atoms with Crippen LogP contribution in [-0.4, -0.2) is 61.1 Å². The van der Waals surface area contributed by atoms with Crippen LogP contribution in [0.1, 0.15) is 19.3 Å². The lowest BCUT2D eigenvalue weighted by Gasteiger charge is -2.24. The Morgan fingerprint density at radius 2 is 2.05 bits per heavy atom. The molecule has 0 saturated carbocycles. The van der Waals surface area contributed by atoms with E-state index in [2.05, 4.69) is 10.6 Å². The minimum atomic E-state index is -0.524. The number of carbonyl (C=O) groups is 4. The number of likely N-dealkylation sites (tertiary alicyclic amines) is 1. The average molecular weight is 284 g/mol. The van der Waals surface area contributed by atoms with Crippen LogP contribution in [0.3, 0.4) is 0 Å². The predicted molar refractivity (Wildman–Crippen MR) is 70.5 cm³/mol. The monoisotopic (exact) mass is 284 g/mol. The van der Waals surface area contributed by atoms with Crippen molar-refractivity contribution in [2.75, 3.05) is 26.2 Å². The molecule has 4 N–H and O–H groups in total. The summed E-state index contributed by atoms with van der Waals surface area (Å²) < 4.78 is 0. The molecule has 1 fully saturated rings. The molecule has 112 valence electrons. The van der Waals surface area contributed by atoms with E-state index in [0.29, 0.717) is 13.0 Å². The Morgan fingerprint density at radius 1 is 1.30 bits per heavy atom. The first-order valence-corrected chi connectivity index (χ1v) is 6.57. The maximum atomic E-state index is 11.9. The van der Waals surface area contributed by atoms with E-state index >= 15 is 0 Å². The Bertz CT molecular complexity index is 386. The lowest BCUT2D eigenvalue weighted by Crippen LogP contribution is -2.49. The van der Waals surface area contributed by atoms with E-state index in [1.165, 1.54) is 4.90 Å². The smallest absolute Gasteiger partial charge is 0.242 e. The van der Waals surface area contributed by atoms with E-state index in [1.807, 2.05) is 0 Å². The van der Waals surface area contributed by atoms with Crippen LogP contribution in [0.2, 0.25) is 0 Å². The first-order chi connectivity index (χ1) is 9.60. The maximum absolute atomic E-state index is 11.9. The van der Waals surface area contributed by atoms with E-state index in [-0.39, 0.29) is 37.9 Å². The van der Waals surface area contributed by atoms with Crippen LogP contribution in [0.4, 0.5) is 0 Å². The molecule has 0 aliphatic carbocycles. The Labute approximate surface area is 117 Å². The molecule has 0 aromatic rings. The SMILES string of the molecule is NCC(=O)NCC(=O)N1CCC[C@H]1C(=O)NCCC=O. The topological polar surface area (TPSA) is 122 Å². The van der Waals surface area contributed by atoms with Crippen LogP contribution in [0, 0.1) is 0 Å². The molecule has 1 aliphatic rings. The van der Waals surface area contributed by atoms with Gasteiger partial charge in [0, 0.05) is 19.5 Å². The number of hydrogen-bond acceptors (Lipinski definition) is 5. The summed E-state index contributed by atoms with van der Waals surface area (Å²) >= 11 is 0. The standard InChI is InChI=1S/C12H20N4O4/c13-7-10(18)15-8-11(19)16-5-1-3-9(16)12(20)14-4-2-6-17/h6,9H,1-5,7-8,13H2,(H,14,20)(H,15,18)/t9-/m0/s1. The summed E-state index contributed by atoms with van der Waals surface area (Å²) in [5, 5.41) is 5.00. The molecular formula is C12H20N4O4. The summed E-state index contributed by atoms with van der Waals surface area (Å²) in [5.41, 5.74) is 5.13. The van der Waals surface area contributed by atoms with Crippen molar-refractivity contribution in [2.45, 2.75) is 25.3 Å². The third-order valence-electron chi connectivity index (χ3n) is 3.06. The fraction of sp³-hybridized carbons (Fsp3) is 0.667. The molecule has 0 spiro atoms. The Kier molecular flexibility index (Phi) is 6.65. The van der Waals surface area contributed by atoms with Gasteiger partial charge in [0.25, 0.3) is 0 Å². The first-order valence-electron chi connectivity index (χ1n) is 6.57. The molecular weight excluding hydrogens is 264 g/mol. The van der Waals surface area contributed by atoms with Gasteiger partial charge in [0.15, 0.2) is 0 Å². The Hall–Kier alpha value is -1.96. The van der Waals surface area contributed by atoms with Gasteiger partial charge in [-0.15, -0.1) is 0 Å². The van der Waals surface area contributed by atoms with Gasteiger partial charge in [-0.2, -0.15) is 0 Å². The first kappa shape index (κ1) is 16.1. The number of aldehydes is 1. The van der Waals surface area contributed by atoms with E-state index in [0.717, 1.165) is 12.7 Å². The highest BCUT2D eigenvalue weighted by Gasteiger charge is 2.33. The lowest BCUT2D eigenvalue weighted by atomic mass is 10.2. The Balaban J connectivity index is 2.46. The fourth-order valence-corrected chi connectivity index (χ4v) is 2.06. The average Bonchev–Trinajstić information content (AvgIpc) is 2.94. The highest BCUT2D eigenvalue weighted by Crippen LogP contribution is 2.17.